The van der Waals surface area contributed by atoms with Gasteiger partial charge in [0.05, 0.1) is 11.1 Å². The lowest BCUT2D eigenvalue weighted by Crippen LogP contribution is -2.31. The van der Waals surface area contributed by atoms with E-state index in [2.05, 4.69) is 0 Å². The summed E-state index contributed by atoms with van der Waals surface area (Å²) >= 11 is 0. The van der Waals surface area contributed by atoms with Crippen LogP contribution in [0.25, 0.3) is 0 Å². The van der Waals surface area contributed by atoms with Crippen molar-refractivity contribution in [1.82, 2.24) is 0 Å². The van der Waals surface area contributed by atoms with Crippen LogP contribution in [0.5, 0.6) is 0 Å². The molecule has 0 heterocycles. The molecular formula is C23H26O4. The smallest absolute Gasteiger partial charge is 0.338 e. The number of ether oxygens (including phenoxy) is 2. The van der Waals surface area contributed by atoms with Crippen LogP contribution in [0.3, 0.4) is 0 Å². The molecule has 0 aromatic heterocycles. The zero-order chi connectivity index (χ0) is 19.1. The van der Waals surface area contributed by atoms with Crippen molar-refractivity contribution >= 4 is 11.9 Å². The van der Waals surface area contributed by atoms with Gasteiger partial charge in [-0.05, 0) is 49.9 Å². The Bertz CT molecular complexity index is 735. The summed E-state index contributed by atoms with van der Waals surface area (Å²) in [5, 5.41) is 0. The molecule has 0 N–H and O–H groups in total. The topological polar surface area (TPSA) is 52.6 Å². The minimum Gasteiger partial charge on any atom is -0.459 e. The van der Waals surface area contributed by atoms with Gasteiger partial charge >= 0.3 is 11.9 Å². The zero-order valence-electron chi connectivity index (χ0n) is 15.7. The van der Waals surface area contributed by atoms with E-state index in [-0.39, 0.29) is 24.1 Å². The Kier molecular flexibility index (Phi) is 6.64. The van der Waals surface area contributed by atoms with Crippen LogP contribution in [-0.4, -0.2) is 24.1 Å². The second-order valence-corrected chi connectivity index (χ2v) is 7.17. The predicted molar refractivity (Wildman–Crippen MR) is 104 cm³/mol. The first-order valence-corrected chi connectivity index (χ1v) is 9.65. The molecule has 27 heavy (non-hydrogen) atoms. The summed E-state index contributed by atoms with van der Waals surface area (Å²) in [6.45, 7) is 1.86. The fourth-order valence-electron chi connectivity index (χ4n) is 3.65. The molecular weight excluding hydrogens is 340 g/mol. The van der Waals surface area contributed by atoms with E-state index in [1.54, 1.807) is 24.3 Å². The number of rotatable bonds is 7. The van der Waals surface area contributed by atoms with E-state index < -0.39 is 0 Å². The molecule has 0 radical (unpaired) electrons. The van der Waals surface area contributed by atoms with Gasteiger partial charge in [-0.25, -0.2) is 9.59 Å². The molecule has 4 heteroatoms. The Morgan fingerprint density at radius 2 is 1.33 bits per heavy atom. The number of carbonyl (C=O) groups is 2. The maximum absolute atomic E-state index is 12.5. The number of carbonyl (C=O) groups excluding carboxylic acids is 2. The second-order valence-electron chi connectivity index (χ2n) is 7.17. The van der Waals surface area contributed by atoms with Gasteiger partial charge in [0, 0.05) is 6.42 Å². The second kappa shape index (κ2) is 9.36. The Morgan fingerprint density at radius 3 is 1.85 bits per heavy atom. The molecule has 0 amide bonds. The summed E-state index contributed by atoms with van der Waals surface area (Å²) in [5.41, 5.74) is 1.08. The summed E-state index contributed by atoms with van der Waals surface area (Å²) in [7, 11) is 0. The van der Waals surface area contributed by atoms with E-state index >= 15 is 0 Å². The summed E-state index contributed by atoms with van der Waals surface area (Å²) in [6, 6.07) is 18.0. The van der Waals surface area contributed by atoms with E-state index in [1.807, 2.05) is 43.3 Å². The van der Waals surface area contributed by atoms with Crippen LogP contribution in [-0.2, 0) is 9.47 Å². The molecule has 0 saturated heterocycles. The lowest BCUT2D eigenvalue weighted by molar-refractivity contribution is -0.0115. The third kappa shape index (κ3) is 5.43. The van der Waals surface area contributed by atoms with Crippen molar-refractivity contribution in [3.8, 4) is 0 Å². The molecule has 1 fully saturated rings. The first-order chi connectivity index (χ1) is 13.1. The maximum Gasteiger partial charge on any atom is 0.338 e. The van der Waals surface area contributed by atoms with Gasteiger partial charge in [0.25, 0.3) is 0 Å². The highest BCUT2D eigenvalue weighted by molar-refractivity contribution is 5.90. The molecule has 0 spiro atoms. The van der Waals surface area contributed by atoms with Gasteiger partial charge in [-0.3, -0.25) is 0 Å². The van der Waals surface area contributed by atoms with Crippen molar-refractivity contribution in [2.45, 2.75) is 51.2 Å². The van der Waals surface area contributed by atoms with Crippen molar-refractivity contribution in [3.05, 3.63) is 71.8 Å². The lowest BCUT2D eigenvalue weighted by atomic mass is 9.96. The Labute approximate surface area is 160 Å². The van der Waals surface area contributed by atoms with Crippen LogP contribution < -0.4 is 0 Å². The van der Waals surface area contributed by atoms with Crippen LogP contribution in [0.15, 0.2) is 60.7 Å². The van der Waals surface area contributed by atoms with Gasteiger partial charge < -0.3 is 9.47 Å². The Hall–Kier alpha value is -2.62. The average Bonchev–Trinajstić information content (AvgIpc) is 3.23. The number of benzene rings is 2. The van der Waals surface area contributed by atoms with Crippen molar-refractivity contribution in [3.63, 3.8) is 0 Å². The highest BCUT2D eigenvalue weighted by Crippen LogP contribution is 2.32. The summed E-state index contributed by atoms with van der Waals surface area (Å²) in [6.07, 6.45) is 4.36. The van der Waals surface area contributed by atoms with Crippen LogP contribution in [0.1, 0.15) is 59.7 Å². The molecule has 1 saturated carbocycles. The first kappa shape index (κ1) is 19.2. The minimum atomic E-state index is -0.345. The number of hydrogen-bond donors (Lipinski definition) is 0. The molecule has 0 aliphatic heterocycles. The Morgan fingerprint density at radius 1 is 0.852 bits per heavy atom. The molecule has 4 nitrogen and oxygen atoms in total. The molecule has 2 aromatic carbocycles. The molecule has 142 valence electrons. The van der Waals surface area contributed by atoms with E-state index in [0.717, 1.165) is 25.7 Å². The van der Waals surface area contributed by atoms with Gasteiger partial charge in [0.2, 0.25) is 0 Å². The van der Waals surface area contributed by atoms with Crippen LogP contribution in [0.4, 0.5) is 0 Å². The highest BCUT2D eigenvalue weighted by atomic mass is 16.6. The van der Waals surface area contributed by atoms with Crippen molar-refractivity contribution in [2.75, 3.05) is 0 Å². The monoisotopic (exact) mass is 366 g/mol. The van der Waals surface area contributed by atoms with E-state index in [1.165, 1.54) is 0 Å². The number of hydrogen-bond acceptors (Lipinski definition) is 4. The fourth-order valence-corrected chi connectivity index (χ4v) is 3.65. The van der Waals surface area contributed by atoms with Gasteiger partial charge in [-0.2, -0.15) is 0 Å². The maximum atomic E-state index is 12.5. The van der Waals surface area contributed by atoms with Crippen molar-refractivity contribution in [2.24, 2.45) is 5.92 Å². The minimum absolute atomic E-state index is 0.237. The van der Waals surface area contributed by atoms with Crippen LogP contribution in [0, 0.1) is 5.92 Å². The standard InChI is InChI=1S/C23H26O4/c1-17(26-22(24)19-12-4-2-5-13-19)16-21(18-10-8-9-11-18)27-23(25)20-14-6-3-7-15-20/h2-7,12-15,17-18,21H,8-11,16H2,1H3. The van der Waals surface area contributed by atoms with Gasteiger partial charge in [0.15, 0.2) is 0 Å². The van der Waals surface area contributed by atoms with E-state index in [0.29, 0.717) is 23.5 Å². The highest BCUT2D eigenvalue weighted by Gasteiger charge is 2.31. The van der Waals surface area contributed by atoms with Gasteiger partial charge in [0.1, 0.15) is 12.2 Å². The lowest BCUT2D eigenvalue weighted by Gasteiger charge is -2.26. The molecule has 1 aliphatic rings. The van der Waals surface area contributed by atoms with E-state index in [9.17, 15) is 9.59 Å². The molecule has 3 rings (SSSR count). The molecule has 2 unspecified atom stereocenters. The SMILES string of the molecule is CC(CC(OC(=O)c1ccccc1)C1CCCC1)OC(=O)c1ccccc1. The fraction of sp³-hybridized carbons (Fsp3) is 0.391. The zero-order valence-corrected chi connectivity index (χ0v) is 15.7. The van der Waals surface area contributed by atoms with E-state index in [4.69, 9.17) is 9.47 Å². The average molecular weight is 366 g/mol. The Balaban J connectivity index is 1.62. The largest absolute Gasteiger partial charge is 0.459 e. The van der Waals surface area contributed by atoms with Gasteiger partial charge in [-0.15, -0.1) is 0 Å². The van der Waals surface area contributed by atoms with Crippen molar-refractivity contribution < 1.29 is 19.1 Å². The normalized spacial score (nSPS) is 16.5. The first-order valence-electron chi connectivity index (χ1n) is 9.65. The van der Waals surface area contributed by atoms with Gasteiger partial charge in [-0.1, -0.05) is 49.2 Å². The number of esters is 2. The van der Waals surface area contributed by atoms with Crippen molar-refractivity contribution in [1.29, 1.82) is 0 Å². The molecule has 1 aliphatic carbocycles. The summed E-state index contributed by atoms with van der Waals surface area (Å²) in [5.74, 6) is -0.327. The predicted octanol–water partition coefficient (Wildman–Crippen LogP) is 5.04. The van der Waals surface area contributed by atoms with Crippen LogP contribution in [0.2, 0.25) is 0 Å². The third-order valence-electron chi connectivity index (χ3n) is 5.08. The third-order valence-corrected chi connectivity index (χ3v) is 5.08. The molecule has 0 bridgehead atoms. The van der Waals surface area contributed by atoms with Crippen LogP contribution >= 0.6 is 0 Å². The quantitative estimate of drug-likeness (QED) is 0.644. The molecule has 2 aromatic rings. The molecule has 2 atom stereocenters. The summed E-state index contributed by atoms with van der Waals surface area (Å²) in [4.78, 5) is 24.8. The summed E-state index contributed by atoms with van der Waals surface area (Å²) < 4.78 is 11.4.